The third-order valence-electron chi connectivity index (χ3n) is 5.94. The van der Waals surface area contributed by atoms with E-state index in [9.17, 15) is 4.79 Å². The first-order valence-electron chi connectivity index (χ1n) is 11.8. The number of oxazole rings is 1. The molecule has 0 aliphatic heterocycles. The van der Waals surface area contributed by atoms with Gasteiger partial charge < -0.3 is 14.5 Å². The van der Waals surface area contributed by atoms with Crippen LogP contribution in [0.4, 0.5) is 5.69 Å². The topological polar surface area (TPSA) is 76.4 Å². The Hall–Kier alpha value is -3.71. The van der Waals surface area contributed by atoms with Crippen LogP contribution in [0.25, 0.3) is 22.6 Å². The average Bonchev–Trinajstić information content (AvgIpc) is 3.31. The summed E-state index contributed by atoms with van der Waals surface area (Å²) >= 11 is 5.26. The maximum Gasteiger partial charge on any atom is 0.264 e. The van der Waals surface area contributed by atoms with Gasteiger partial charge >= 0.3 is 0 Å². The molecule has 4 aromatic rings. The fourth-order valence-corrected chi connectivity index (χ4v) is 3.83. The van der Waals surface area contributed by atoms with Gasteiger partial charge in [-0.3, -0.25) is 10.1 Å². The van der Waals surface area contributed by atoms with Gasteiger partial charge in [0.15, 0.2) is 17.3 Å². The molecule has 0 saturated heterocycles. The van der Waals surface area contributed by atoms with E-state index in [1.165, 1.54) is 11.1 Å². The van der Waals surface area contributed by atoms with E-state index in [0.717, 1.165) is 35.2 Å². The number of fused-ring (bicyclic) bond motifs is 1. The second-order valence-corrected chi connectivity index (χ2v) is 8.83. The molecular formula is C28H29N3O3S. The number of thiocarbonyl (C=S) groups is 1. The Bertz CT molecular complexity index is 1310. The van der Waals surface area contributed by atoms with Gasteiger partial charge in [-0.05, 0) is 90.6 Å². The summed E-state index contributed by atoms with van der Waals surface area (Å²) in [6, 6.07) is 21.4. The summed E-state index contributed by atoms with van der Waals surface area (Å²) in [7, 11) is 0. The highest BCUT2D eigenvalue weighted by atomic mass is 32.1. The van der Waals surface area contributed by atoms with Gasteiger partial charge in [0.2, 0.25) is 5.89 Å². The third kappa shape index (κ3) is 6.25. The molecule has 7 heteroatoms. The van der Waals surface area contributed by atoms with Gasteiger partial charge in [-0.2, -0.15) is 0 Å². The van der Waals surface area contributed by atoms with E-state index in [1.54, 1.807) is 0 Å². The Morgan fingerprint density at radius 1 is 1.06 bits per heavy atom. The van der Waals surface area contributed by atoms with Crippen LogP contribution in [0.5, 0.6) is 5.75 Å². The van der Waals surface area contributed by atoms with Crippen molar-refractivity contribution in [3.8, 4) is 17.2 Å². The number of hydrogen-bond acceptors (Lipinski definition) is 5. The average molecular weight is 488 g/mol. The number of nitrogens with zero attached hydrogens (tertiary/aromatic N) is 1. The monoisotopic (exact) mass is 487 g/mol. The maximum absolute atomic E-state index is 12.2. The molecule has 1 heterocycles. The number of carbonyl (C=O) groups is 1. The van der Waals surface area contributed by atoms with Crippen molar-refractivity contribution in [2.45, 2.75) is 39.5 Å². The molecule has 3 aromatic carbocycles. The second-order valence-electron chi connectivity index (χ2n) is 8.42. The third-order valence-corrected chi connectivity index (χ3v) is 6.14. The first-order chi connectivity index (χ1) is 16.9. The molecule has 180 valence electrons. The normalized spacial score (nSPS) is 11.7. The highest BCUT2D eigenvalue weighted by Gasteiger charge is 2.12. The highest BCUT2D eigenvalue weighted by molar-refractivity contribution is 7.80. The van der Waals surface area contributed by atoms with Gasteiger partial charge in [0.05, 0.1) is 0 Å². The number of ether oxygens (including phenoxy) is 1. The minimum atomic E-state index is -0.332. The van der Waals surface area contributed by atoms with E-state index in [-0.39, 0.29) is 17.6 Å². The van der Waals surface area contributed by atoms with Crippen molar-refractivity contribution in [3.63, 3.8) is 0 Å². The number of nitrogens with one attached hydrogen (secondary N) is 2. The first kappa shape index (κ1) is 24.4. The molecule has 4 rings (SSSR count). The molecule has 1 aromatic heterocycles. The molecule has 0 spiro atoms. The Labute approximate surface area is 210 Å². The Balaban J connectivity index is 1.32. The number of aryl methyl sites for hydroxylation is 1. The molecule has 0 bridgehead atoms. The van der Waals surface area contributed by atoms with Crippen LogP contribution in [0.15, 0.2) is 71.1 Å². The van der Waals surface area contributed by atoms with Crippen molar-refractivity contribution in [1.29, 1.82) is 0 Å². The molecule has 0 unspecified atom stereocenters. The molecular weight excluding hydrogens is 458 g/mol. The molecule has 2 N–H and O–H groups in total. The van der Waals surface area contributed by atoms with Crippen molar-refractivity contribution in [3.05, 3.63) is 77.9 Å². The number of hydrogen-bond donors (Lipinski definition) is 2. The standard InChI is InChI=1S/C28H29N3O3S/c1-4-18(3)21-10-15-25-24(16-21)30-27(34-25)20-8-11-22(12-9-20)29-28(35)31-26(32)17-33-23-13-6-19(5-2)7-14-23/h6-16,18H,4-5,17H2,1-3H3,(H2,29,31,32,35)/t18-/m1/s1. The molecule has 0 saturated carbocycles. The molecule has 0 fully saturated rings. The van der Waals surface area contributed by atoms with E-state index >= 15 is 0 Å². The van der Waals surface area contributed by atoms with Crippen LogP contribution in [-0.2, 0) is 11.2 Å². The van der Waals surface area contributed by atoms with Crippen LogP contribution in [0.3, 0.4) is 0 Å². The van der Waals surface area contributed by atoms with Gasteiger partial charge in [-0.15, -0.1) is 0 Å². The van der Waals surface area contributed by atoms with Crippen molar-refractivity contribution in [1.82, 2.24) is 10.3 Å². The number of carbonyl (C=O) groups excluding carboxylic acids is 1. The number of rotatable bonds is 8. The lowest BCUT2D eigenvalue weighted by atomic mass is 9.98. The van der Waals surface area contributed by atoms with Gasteiger partial charge in [-0.1, -0.05) is 39.0 Å². The molecule has 0 radical (unpaired) electrons. The molecule has 0 aliphatic carbocycles. The fourth-order valence-electron chi connectivity index (χ4n) is 3.60. The number of aromatic nitrogens is 1. The van der Waals surface area contributed by atoms with Crippen LogP contribution >= 0.6 is 12.2 Å². The maximum atomic E-state index is 12.2. The van der Waals surface area contributed by atoms with Gasteiger partial charge in [0, 0.05) is 11.3 Å². The molecule has 1 amide bonds. The Kier molecular flexibility index (Phi) is 7.77. The lowest BCUT2D eigenvalue weighted by Gasteiger charge is -2.11. The quantitative estimate of drug-likeness (QED) is 0.278. The van der Waals surface area contributed by atoms with Crippen LogP contribution in [-0.4, -0.2) is 22.6 Å². The Morgan fingerprint density at radius 2 is 1.80 bits per heavy atom. The van der Waals surface area contributed by atoms with Crippen LogP contribution in [0.1, 0.15) is 44.2 Å². The summed E-state index contributed by atoms with van der Waals surface area (Å²) in [5, 5.41) is 5.84. The number of benzene rings is 3. The molecule has 35 heavy (non-hydrogen) atoms. The lowest BCUT2D eigenvalue weighted by molar-refractivity contribution is -0.121. The van der Waals surface area contributed by atoms with Gasteiger partial charge in [0.1, 0.15) is 11.3 Å². The van der Waals surface area contributed by atoms with E-state index < -0.39 is 0 Å². The SMILES string of the molecule is CCc1ccc(OCC(=O)NC(=S)Nc2ccc(-c3nc4cc([C@H](C)CC)ccc4o3)cc2)cc1. The largest absolute Gasteiger partial charge is 0.484 e. The predicted octanol–water partition coefficient (Wildman–Crippen LogP) is 6.46. The van der Waals surface area contributed by atoms with E-state index in [4.69, 9.17) is 21.4 Å². The molecule has 0 aliphatic rings. The highest BCUT2D eigenvalue weighted by Crippen LogP contribution is 2.28. The summed E-state index contributed by atoms with van der Waals surface area (Å²) in [6.07, 6.45) is 2.03. The first-order valence-corrected chi connectivity index (χ1v) is 12.2. The van der Waals surface area contributed by atoms with Crippen molar-refractivity contribution in [2.24, 2.45) is 0 Å². The van der Waals surface area contributed by atoms with Crippen molar-refractivity contribution >= 4 is 40.0 Å². The smallest absolute Gasteiger partial charge is 0.264 e. The second kappa shape index (κ2) is 11.1. The van der Waals surface area contributed by atoms with E-state index in [0.29, 0.717) is 17.6 Å². The molecule has 1 atom stereocenters. The zero-order chi connectivity index (χ0) is 24.8. The van der Waals surface area contributed by atoms with Gasteiger partial charge in [-0.25, -0.2) is 4.98 Å². The number of amides is 1. The zero-order valence-electron chi connectivity index (χ0n) is 20.1. The molecule has 6 nitrogen and oxygen atoms in total. The summed E-state index contributed by atoms with van der Waals surface area (Å²) < 4.78 is 11.5. The van der Waals surface area contributed by atoms with Crippen LogP contribution in [0, 0.1) is 0 Å². The summed E-state index contributed by atoms with van der Waals surface area (Å²) in [5.41, 5.74) is 5.69. The fraction of sp³-hybridized carbons (Fsp3) is 0.250. The van der Waals surface area contributed by atoms with E-state index in [2.05, 4.69) is 48.5 Å². The summed E-state index contributed by atoms with van der Waals surface area (Å²) in [6.45, 7) is 6.35. The minimum absolute atomic E-state index is 0.122. The lowest BCUT2D eigenvalue weighted by Crippen LogP contribution is -2.37. The van der Waals surface area contributed by atoms with E-state index in [1.807, 2.05) is 54.6 Å². The Morgan fingerprint density at radius 3 is 2.49 bits per heavy atom. The summed E-state index contributed by atoms with van der Waals surface area (Å²) in [5.74, 6) is 1.35. The van der Waals surface area contributed by atoms with Crippen LogP contribution < -0.4 is 15.4 Å². The van der Waals surface area contributed by atoms with Crippen molar-refractivity contribution < 1.29 is 13.9 Å². The predicted molar refractivity (Wildman–Crippen MR) is 144 cm³/mol. The van der Waals surface area contributed by atoms with Crippen LogP contribution in [0.2, 0.25) is 0 Å². The van der Waals surface area contributed by atoms with Crippen molar-refractivity contribution in [2.75, 3.05) is 11.9 Å². The number of anilines is 1. The minimum Gasteiger partial charge on any atom is -0.484 e. The zero-order valence-corrected chi connectivity index (χ0v) is 20.9. The summed E-state index contributed by atoms with van der Waals surface area (Å²) in [4.78, 5) is 16.8. The van der Waals surface area contributed by atoms with Gasteiger partial charge in [0.25, 0.3) is 5.91 Å².